The van der Waals surface area contributed by atoms with E-state index in [2.05, 4.69) is 20.9 Å². The van der Waals surface area contributed by atoms with Crippen molar-refractivity contribution in [3.05, 3.63) is 64.7 Å². The van der Waals surface area contributed by atoms with E-state index in [0.29, 0.717) is 36.2 Å². The summed E-state index contributed by atoms with van der Waals surface area (Å²) in [6.45, 7) is 1.67. The standard InChI is InChI=1S/C19H23ClN4O2/c1-21-19(24-13-14-3-9-17(26-2)10-4-14)23-12-11-22-18(25)15-5-7-16(20)8-6-15/h3-10H,11-13H2,1-2H3,(H,22,25)(H2,21,23,24). The Morgan fingerprint density at radius 2 is 1.65 bits per heavy atom. The summed E-state index contributed by atoms with van der Waals surface area (Å²) in [6.07, 6.45) is 0. The third-order valence-corrected chi connectivity index (χ3v) is 3.90. The highest BCUT2D eigenvalue weighted by Crippen LogP contribution is 2.11. The fraction of sp³-hybridized carbons (Fsp3) is 0.263. The van der Waals surface area contributed by atoms with E-state index >= 15 is 0 Å². The number of ether oxygens (including phenoxy) is 1. The maximum Gasteiger partial charge on any atom is 0.251 e. The van der Waals surface area contributed by atoms with Crippen LogP contribution in [0.5, 0.6) is 5.75 Å². The summed E-state index contributed by atoms with van der Waals surface area (Å²) in [5.41, 5.74) is 1.70. The van der Waals surface area contributed by atoms with Crippen LogP contribution in [0.3, 0.4) is 0 Å². The van der Waals surface area contributed by atoms with Crippen LogP contribution in [0.4, 0.5) is 0 Å². The zero-order valence-electron chi connectivity index (χ0n) is 14.9. The van der Waals surface area contributed by atoms with E-state index in [0.717, 1.165) is 11.3 Å². The second-order valence-electron chi connectivity index (χ2n) is 5.46. The molecule has 0 unspecified atom stereocenters. The second-order valence-corrected chi connectivity index (χ2v) is 5.90. The number of halogens is 1. The molecule has 2 aromatic rings. The van der Waals surface area contributed by atoms with Gasteiger partial charge in [0.15, 0.2) is 5.96 Å². The van der Waals surface area contributed by atoms with Gasteiger partial charge in [-0.15, -0.1) is 0 Å². The Labute approximate surface area is 158 Å². The molecule has 6 nitrogen and oxygen atoms in total. The molecule has 3 N–H and O–H groups in total. The number of hydrogen-bond acceptors (Lipinski definition) is 3. The molecule has 0 aliphatic heterocycles. The molecule has 0 atom stereocenters. The van der Waals surface area contributed by atoms with Gasteiger partial charge in [-0.25, -0.2) is 0 Å². The highest BCUT2D eigenvalue weighted by Gasteiger charge is 2.04. The average molecular weight is 375 g/mol. The molecule has 2 aromatic carbocycles. The average Bonchev–Trinajstić information content (AvgIpc) is 2.68. The van der Waals surface area contributed by atoms with Crippen molar-refractivity contribution in [2.45, 2.75) is 6.54 Å². The summed E-state index contributed by atoms with van der Waals surface area (Å²) in [7, 11) is 3.35. The summed E-state index contributed by atoms with van der Waals surface area (Å²) in [5.74, 6) is 1.36. The van der Waals surface area contributed by atoms with Crippen LogP contribution in [0, 0.1) is 0 Å². The maximum atomic E-state index is 12.0. The highest BCUT2D eigenvalue weighted by atomic mass is 35.5. The first-order valence-electron chi connectivity index (χ1n) is 8.23. The van der Waals surface area contributed by atoms with Crippen molar-refractivity contribution < 1.29 is 9.53 Å². The Morgan fingerprint density at radius 1 is 1.00 bits per heavy atom. The van der Waals surface area contributed by atoms with Gasteiger partial charge in [0.1, 0.15) is 5.75 Å². The number of carbonyl (C=O) groups excluding carboxylic acids is 1. The fourth-order valence-electron chi connectivity index (χ4n) is 2.21. The lowest BCUT2D eigenvalue weighted by Gasteiger charge is -2.12. The largest absolute Gasteiger partial charge is 0.497 e. The monoisotopic (exact) mass is 374 g/mol. The number of nitrogens with one attached hydrogen (secondary N) is 3. The smallest absolute Gasteiger partial charge is 0.251 e. The Morgan fingerprint density at radius 3 is 2.27 bits per heavy atom. The molecule has 7 heteroatoms. The molecule has 0 radical (unpaired) electrons. The molecule has 0 spiro atoms. The summed E-state index contributed by atoms with van der Waals surface area (Å²) in [4.78, 5) is 16.2. The summed E-state index contributed by atoms with van der Waals surface area (Å²) in [5, 5.41) is 9.83. The third kappa shape index (κ3) is 6.29. The van der Waals surface area contributed by atoms with Crippen molar-refractivity contribution in [1.82, 2.24) is 16.0 Å². The molecule has 0 aromatic heterocycles. The van der Waals surface area contributed by atoms with Crippen LogP contribution in [-0.4, -0.2) is 39.1 Å². The normalized spacial score (nSPS) is 11.0. The van der Waals surface area contributed by atoms with Crippen molar-refractivity contribution >= 4 is 23.5 Å². The Balaban J connectivity index is 1.69. The van der Waals surface area contributed by atoms with Crippen molar-refractivity contribution in [2.75, 3.05) is 27.2 Å². The SMILES string of the molecule is CN=C(NCCNC(=O)c1ccc(Cl)cc1)NCc1ccc(OC)cc1. The number of amides is 1. The second kappa shape index (κ2) is 10.3. The van der Waals surface area contributed by atoms with Gasteiger partial charge in [0.25, 0.3) is 5.91 Å². The van der Waals surface area contributed by atoms with Crippen molar-refractivity contribution in [2.24, 2.45) is 4.99 Å². The zero-order chi connectivity index (χ0) is 18.8. The molecule has 1 amide bonds. The number of aliphatic imine (C=N–C) groups is 1. The first-order valence-corrected chi connectivity index (χ1v) is 8.61. The van der Waals surface area contributed by atoms with Gasteiger partial charge in [0, 0.05) is 37.3 Å². The fourth-order valence-corrected chi connectivity index (χ4v) is 2.34. The van der Waals surface area contributed by atoms with Gasteiger partial charge in [-0.2, -0.15) is 0 Å². The number of carbonyl (C=O) groups is 1. The molecule has 0 heterocycles. The lowest BCUT2D eigenvalue weighted by atomic mass is 10.2. The van der Waals surface area contributed by atoms with Crippen LogP contribution in [0.2, 0.25) is 5.02 Å². The third-order valence-electron chi connectivity index (χ3n) is 3.65. The summed E-state index contributed by atoms with van der Waals surface area (Å²) in [6, 6.07) is 14.6. The number of hydrogen-bond donors (Lipinski definition) is 3. The Hall–Kier alpha value is -2.73. The van der Waals surface area contributed by atoms with E-state index < -0.39 is 0 Å². The minimum atomic E-state index is -0.135. The number of guanidine groups is 1. The number of rotatable bonds is 7. The topological polar surface area (TPSA) is 74.8 Å². The lowest BCUT2D eigenvalue weighted by Crippen LogP contribution is -2.41. The molecule has 0 aliphatic carbocycles. The predicted molar refractivity (Wildman–Crippen MR) is 105 cm³/mol. The summed E-state index contributed by atoms with van der Waals surface area (Å²) < 4.78 is 5.14. The van der Waals surface area contributed by atoms with Crippen LogP contribution in [0.25, 0.3) is 0 Å². The first-order chi connectivity index (χ1) is 12.6. The lowest BCUT2D eigenvalue weighted by molar-refractivity contribution is 0.0954. The van der Waals surface area contributed by atoms with E-state index in [1.165, 1.54) is 0 Å². The van der Waals surface area contributed by atoms with E-state index in [9.17, 15) is 4.79 Å². The molecule has 0 saturated heterocycles. The van der Waals surface area contributed by atoms with Crippen LogP contribution in [-0.2, 0) is 6.54 Å². The zero-order valence-corrected chi connectivity index (χ0v) is 15.6. The predicted octanol–water partition coefficient (Wildman–Crippen LogP) is 2.44. The van der Waals surface area contributed by atoms with Crippen molar-refractivity contribution in [3.63, 3.8) is 0 Å². The minimum Gasteiger partial charge on any atom is -0.497 e. The van der Waals surface area contributed by atoms with Crippen LogP contribution in [0.1, 0.15) is 15.9 Å². The first kappa shape index (κ1) is 19.6. The molecule has 138 valence electrons. The van der Waals surface area contributed by atoms with Crippen LogP contribution < -0.4 is 20.7 Å². The summed E-state index contributed by atoms with van der Waals surface area (Å²) >= 11 is 5.81. The molecular formula is C19H23ClN4O2. The molecular weight excluding hydrogens is 352 g/mol. The van der Waals surface area contributed by atoms with Gasteiger partial charge in [0.05, 0.1) is 7.11 Å². The van der Waals surface area contributed by atoms with Gasteiger partial charge < -0.3 is 20.7 Å². The van der Waals surface area contributed by atoms with E-state index in [-0.39, 0.29) is 5.91 Å². The maximum absolute atomic E-state index is 12.0. The number of methoxy groups -OCH3 is 1. The van der Waals surface area contributed by atoms with Crippen LogP contribution in [0.15, 0.2) is 53.5 Å². The Bertz CT molecular complexity index is 730. The molecule has 0 fully saturated rings. The van der Waals surface area contributed by atoms with Crippen LogP contribution >= 0.6 is 11.6 Å². The van der Waals surface area contributed by atoms with Gasteiger partial charge >= 0.3 is 0 Å². The quantitative estimate of drug-likeness (QED) is 0.395. The van der Waals surface area contributed by atoms with Crippen molar-refractivity contribution in [1.29, 1.82) is 0 Å². The van der Waals surface area contributed by atoms with E-state index in [1.807, 2.05) is 24.3 Å². The molecule has 26 heavy (non-hydrogen) atoms. The van der Waals surface area contributed by atoms with E-state index in [4.69, 9.17) is 16.3 Å². The molecule has 2 rings (SSSR count). The van der Waals surface area contributed by atoms with Crippen molar-refractivity contribution in [3.8, 4) is 5.75 Å². The van der Waals surface area contributed by atoms with Gasteiger partial charge in [-0.05, 0) is 42.0 Å². The minimum absolute atomic E-state index is 0.135. The number of nitrogens with zero attached hydrogens (tertiary/aromatic N) is 1. The molecule has 0 aliphatic rings. The van der Waals surface area contributed by atoms with E-state index in [1.54, 1.807) is 38.4 Å². The highest BCUT2D eigenvalue weighted by molar-refractivity contribution is 6.30. The van der Waals surface area contributed by atoms with Gasteiger partial charge in [-0.3, -0.25) is 9.79 Å². The number of benzene rings is 2. The molecule has 0 saturated carbocycles. The molecule has 0 bridgehead atoms. The van der Waals surface area contributed by atoms with Gasteiger partial charge in [0.2, 0.25) is 0 Å². The Kier molecular flexibility index (Phi) is 7.76. The van der Waals surface area contributed by atoms with Gasteiger partial charge in [-0.1, -0.05) is 23.7 Å².